The molecule has 0 fully saturated rings. The van der Waals surface area contributed by atoms with Crippen molar-refractivity contribution in [2.75, 3.05) is 16.0 Å². The van der Waals surface area contributed by atoms with Gasteiger partial charge in [0.1, 0.15) is 5.70 Å². The second-order valence-electron chi connectivity index (χ2n) is 7.67. The van der Waals surface area contributed by atoms with Crippen molar-refractivity contribution in [2.45, 2.75) is 19.9 Å². The summed E-state index contributed by atoms with van der Waals surface area (Å²) >= 11 is 1.17. The zero-order chi connectivity index (χ0) is 23.9. The Morgan fingerprint density at radius 2 is 1.85 bits per heavy atom. The first-order valence-corrected chi connectivity index (χ1v) is 11.7. The molecule has 1 N–H and O–H groups in total. The number of anilines is 2. The molecule has 8 nitrogen and oxygen atoms in total. The summed E-state index contributed by atoms with van der Waals surface area (Å²) in [5.41, 5.74) is 2.00. The van der Waals surface area contributed by atoms with Crippen LogP contribution in [0.3, 0.4) is 0 Å². The summed E-state index contributed by atoms with van der Waals surface area (Å²) in [6.45, 7) is 3.91. The molecule has 3 aromatic rings. The summed E-state index contributed by atoms with van der Waals surface area (Å²) in [4.78, 5) is 31.6. The standard InChI is InChI=1S/C25H23N5O3S/c1-18(2)29-16-23(33-28-29)27-22(31)17-34-25-26-21(15-9-12-19-10-5-3-6-11-19)24(32)30(25)20-13-7-4-8-14-20/h3-16,18H,17H2,1-2H3/p+1/b12-9+,21-15+. The van der Waals surface area contributed by atoms with Crippen LogP contribution in [0.5, 0.6) is 0 Å². The smallest absolute Gasteiger partial charge is 0.288 e. The molecule has 0 bridgehead atoms. The Bertz CT molecular complexity index is 1250. The van der Waals surface area contributed by atoms with Crippen molar-refractivity contribution in [3.63, 3.8) is 0 Å². The molecule has 0 saturated carbocycles. The molecule has 2 aromatic carbocycles. The third kappa shape index (κ3) is 5.68. The number of thioether (sulfide) groups is 1. The van der Waals surface area contributed by atoms with Gasteiger partial charge in [-0.2, -0.15) is 0 Å². The highest BCUT2D eigenvalue weighted by atomic mass is 32.2. The van der Waals surface area contributed by atoms with Gasteiger partial charge < -0.3 is 0 Å². The zero-order valence-corrected chi connectivity index (χ0v) is 19.6. The minimum atomic E-state index is -0.290. The summed E-state index contributed by atoms with van der Waals surface area (Å²) < 4.78 is 6.74. The molecule has 0 unspecified atom stereocenters. The lowest BCUT2D eigenvalue weighted by molar-refractivity contribution is -0.779. The fourth-order valence-electron chi connectivity index (χ4n) is 3.09. The third-order valence-corrected chi connectivity index (χ3v) is 5.73. The van der Waals surface area contributed by atoms with Crippen molar-refractivity contribution in [3.8, 4) is 0 Å². The predicted molar refractivity (Wildman–Crippen MR) is 133 cm³/mol. The quantitative estimate of drug-likeness (QED) is 0.409. The topological polar surface area (TPSA) is 91.7 Å². The molecule has 2 heterocycles. The number of hydrogen-bond acceptors (Lipinski definition) is 6. The van der Waals surface area contributed by atoms with Crippen molar-refractivity contribution >= 4 is 46.4 Å². The van der Waals surface area contributed by atoms with Crippen LogP contribution in [0.1, 0.15) is 25.5 Å². The number of rotatable bonds is 7. The fourth-order valence-corrected chi connectivity index (χ4v) is 3.90. The number of amides is 2. The molecular weight excluding hydrogens is 450 g/mol. The van der Waals surface area contributed by atoms with Crippen LogP contribution in [0.15, 0.2) is 94.2 Å². The molecule has 34 heavy (non-hydrogen) atoms. The van der Waals surface area contributed by atoms with Gasteiger partial charge in [-0.15, -0.1) is 0 Å². The number of carbonyl (C=O) groups is 2. The van der Waals surface area contributed by atoms with E-state index in [4.69, 9.17) is 4.52 Å². The lowest BCUT2D eigenvalue weighted by Crippen LogP contribution is -2.37. The highest BCUT2D eigenvalue weighted by molar-refractivity contribution is 8.14. The Balaban J connectivity index is 1.49. The minimum Gasteiger partial charge on any atom is -0.288 e. The van der Waals surface area contributed by atoms with Gasteiger partial charge in [0.2, 0.25) is 11.2 Å². The number of benzene rings is 2. The molecule has 0 spiro atoms. The Morgan fingerprint density at radius 3 is 2.53 bits per heavy atom. The second-order valence-corrected chi connectivity index (χ2v) is 8.61. The number of para-hydroxylation sites is 1. The van der Waals surface area contributed by atoms with Crippen molar-refractivity contribution < 1.29 is 18.8 Å². The number of aliphatic imine (C=N–C) groups is 1. The van der Waals surface area contributed by atoms with Crippen molar-refractivity contribution in [1.29, 1.82) is 0 Å². The van der Waals surface area contributed by atoms with E-state index in [1.165, 1.54) is 16.7 Å². The summed E-state index contributed by atoms with van der Waals surface area (Å²) in [6.07, 6.45) is 7.00. The van der Waals surface area contributed by atoms with E-state index in [0.717, 1.165) is 5.56 Å². The van der Waals surface area contributed by atoms with Crippen LogP contribution in [-0.2, 0) is 9.59 Å². The van der Waals surface area contributed by atoms with Crippen LogP contribution in [0, 0.1) is 0 Å². The first kappa shape index (κ1) is 23.2. The normalized spacial score (nSPS) is 14.9. The van der Waals surface area contributed by atoms with E-state index in [0.29, 0.717) is 16.6 Å². The highest BCUT2D eigenvalue weighted by Crippen LogP contribution is 2.28. The lowest BCUT2D eigenvalue weighted by atomic mass is 10.2. The number of carbonyl (C=O) groups excluding carboxylic acids is 2. The molecule has 0 saturated heterocycles. The van der Waals surface area contributed by atoms with E-state index < -0.39 is 0 Å². The Hall–Kier alpha value is -3.98. The van der Waals surface area contributed by atoms with Crippen LogP contribution in [0.4, 0.5) is 11.6 Å². The van der Waals surface area contributed by atoms with Gasteiger partial charge in [-0.25, -0.2) is 4.99 Å². The predicted octanol–water partition coefficient (Wildman–Crippen LogP) is 4.21. The van der Waals surface area contributed by atoms with Crippen molar-refractivity contribution in [2.24, 2.45) is 4.99 Å². The van der Waals surface area contributed by atoms with Crippen molar-refractivity contribution in [3.05, 3.63) is 90.3 Å². The summed E-state index contributed by atoms with van der Waals surface area (Å²) in [7, 11) is 0. The zero-order valence-electron chi connectivity index (χ0n) is 18.8. The summed E-state index contributed by atoms with van der Waals surface area (Å²) in [5.74, 6) is -0.234. The molecule has 1 aromatic heterocycles. The summed E-state index contributed by atoms with van der Waals surface area (Å²) in [6, 6.07) is 19.1. The van der Waals surface area contributed by atoms with Gasteiger partial charge in [0, 0.05) is 0 Å². The number of amidine groups is 1. The number of nitrogens with one attached hydrogen (secondary N) is 1. The molecule has 9 heteroatoms. The van der Waals surface area contributed by atoms with Crippen molar-refractivity contribution in [1.82, 2.24) is 5.27 Å². The molecule has 4 rings (SSSR count). The number of hydrogen-bond donors (Lipinski definition) is 1. The SMILES string of the molecule is CC(C)[n+]1cc(NC(=O)CSC2=N/C(=C/C=C/c3ccccc3)C(=O)N2c2ccccc2)on1. The number of aromatic nitrogens is 2. The Morgan fingerprint density at radius 1 is 1.15 bits per heavy atom. The minimum absolute atomic E-state index is 0.0466. The van der Waals surface area contributed by atoms with Crippen LogP contribution < -0.4 is 14.9 Å². The average molecular weight is 475 g/mol. The van der Waals surface area contributed by atoms with E-state index in [9.17, 15) is 9.59 Å². The van der Waals surface area contributed by atoms with E-state index in [2.05, 4.69) is 15.6 Å². The molecule has 1 aliphatic rings. The molecule has 0 atom stereocenters. The van der Waals surface area contributed by atoms with Gasteiger partial charge in [-0.1, -0.05) is 72.4 Å². The number of nitrogens with zero attached hydrogens (tertiary/aromatic N) is 4. The second kappa shape index (κ2) is 10.8. The van der Waals surface area contributed by atoms with E-state index >= 15 is 0 Å². The first-order chi connectivity index (χ1) is 16.5. The molecule has 1 aliphatic heterocycles. The fraction of sp³-hybridized carbons (Fsp3) is 0.160. The van der Waals surface area contributed by atoms with Crippen LogP contribution in [0.25, 0.3) is 6.08 Å². The first-order valence-electron chi connectivity index (χ1n) is 10.7. The van der Waals surface area contributed by atoms with Gasteiger partial charge in [-0.3, -0.25) is 24.3 Å². The monoisotopic (exact) mass is 474 g/mol. The molecule has 0 aliphatic carbocycles. The van der Waals surface area contributed by atoms with Crippen LogP contribution >= 0.6 is 11.8 Å². The maximum absolute atomic E-state index is 13.1. The largest absolute Gasteiger partial charge is 0.302 e. The third-order valence-electron chi connectivity index (χ3n) is 4.79. The average Bonchev–Trinajstić information content (AvgIpc) is 3.43. The van der Waals surface area contributed by atoms with Gasteiger partial charge in [0.15, 0.2) is 11.2 Å². The maximum atomic E-state index is 13.1. The maximum Gasteiger partial charge on any atom is 0.302 e. The van der Waals surface area contributed by atoms with E-state index in [-0.39, 0.29) is 29.5 Å². The molecular formula is C25H24N5O3S+. The van der Waals surface area contributed by atoms with E-state index in [1.807, 2.05) is 80.6 Å². The lowest BCUT2D eigenvalue weighted by Gasteiger charge is -2.17. The molecule has 172 valence electrons. The van der Waals surface area contributed by atoms with Gasteiger partial charge in [-0.05, 0) is 42.3 Å². The van der Waals surface area contributed by atoms with Gasteiger partial charge in [0.25, 0.3) is 12.1 Å². The Labute approximate surface area is 201 Å². The highest BCUT2D eigenvalue weighted by Gasteiger charge is 2.32. The Kier molecular flexibility index (Phi) is 7.34. The van der Waals surface area contributed by atoms with Crippen LogP contribution in [0.2, 0.25) is 0 Å². The van der Waals surface area contributed by atoms with Gasteiger partial charge in [0.05, 0.1) is 11.4 Å². The van der Waals surface area contributed by atoms with Crippen LogP contribution in [-0.4, -0.2) is 28.0 Å². The summed E-state index contributed by atoms with van der Waals surface area (Å²) in [5, 5.41) is 6.97. The molecule has 2 amide bonds. The number of allylic oxidation sites excluding steroid dienone is 2. The van der Waals surface area contributed by atoms with Gasteiger partial charge >= 0.3 is 5.88 Å². The molecule has 0 radical (unpaired) electrons. The van der Waals surface area contributed by atoms with E-state index in [1.54, 1.807) is 23.0 Å².